The van der Waals surface area contributed by atoms with Crippen molar-refractivity contribution in [2.75, 3.05) is 26.9 Å². The van der Waals surface area contributed by atoms with Crippen molar-refractivity contribution in [1.82, 2.24) is 0 Å². The Kier molecular flexibility index (Phi) is 11.3. The second-order valence-electron chi connectivity index (χ2n) is 10.5. The van der Waals surface area contributed by atoms with Gasteiger partial charge < -0.3 is 28.4 Å². The Labute approximate surface area is 249 Å². The molecule has 0 radical (unpaired) electrons. The molecule has 0 saturated carbocycles. The van der Waals surface area contributed by atoms with E-state index in [2.05, 4.69) is 24.3 Å². The van der Waals surface area contributed by atoms with E-state index >= 15 is 0 Å². The molecule has 4 aromatic rings. The van der Waals surface area contributed by atoms with Crippen LogP contribution in [0.2, 0.25) is 0 Å². The van der Waals surface area contributed by atoms with Crippen LogP contribution in [0.1, 0.15) is 22.3 Å². The minimum Gasteiger partial charge on any atom is -0.376 e. The third-order valence-electron chi connectivity index (χ3n) is 7.50. The first kappa shape index (κ1) is 30.1. The molecule has 1 aliphatic heterocycles. The van der Waals surface area contributed by atoms with Crippen LogP contribution in [0.15, 0.2) is 121 Å². The zero-order valence-electron chi connectivity index (χ0n) is 24.2. The SMILES string of the molecule is CO[C@]1(COCc2ccccc2)OC[C@H](COCc2ccccc2)[C@@H](OCc2ccccc2)[C@@H]1OCc1ccccc1. The van der Waals surface area contributed by atoms with Crippen molar-refractivity contribution in [3.8, 4) is 0 Å². The number of hydrogen-bond donors (Lipinski definition) is 0. The molecule has 4 atom stereocenters. The number of benzene rings is 4. The van der Waals surface area contributed by atoms with E-state index in [4.69, 9.17) is 28.4 Å². The second-order valence-corrected chi connectivity index (χ2v) is 10.5. The summed E-state index contributed by atoms with van der Waals surface area (Å²) in [5, 5.41) is 0. The Morgan fingerprint density at radius 1 is 0.595 bits per heavy atom. The van der Waals surface area contributed by atoms with E-state index in [0.717, 1.165) is 22.3 Å². The predicted octanol–water partition coefficient (Wildman–Crippen LogP) is 6.58. The van der Waals surface area contributed by atoms with Crippen molar-refractivity contribution in [2.45, 2.75) is 44.4 Å². The number of hydrogen-bond acceptors (Lipinski definition) is 6. The quantitative estimate of drug-likeness (QED) is 0.162. The van der Waals surface area contributed by atoms with Crippen LogP contribution in [-0.4, -0.2) is 44.9 Å². The Morgan fingerprint density at radius 3 is 1.55 bits per heavy atom. The standard InChI is InChI=1S/C36H40O6/c1-37-36(28-39-23-30-16-8-3-9-17-30)35(41-25-32-20-12-5-13-21-32)34(40-24-31-18-10-4-11-19-31)33(27-42-36)26-38-22-29-14-6-2-7-15-29/h2-21,33-35H,22-28H2,1H3/t33-,34+,35-,36+/m0/s1. The molecule has 0 unspecified atom stereocenters. The number of rotatable bonds is 15. The molecular formula is C36H40O6. The van der Waals surface area contributed by atoms with Gasteiger partial charge in [0.15, 0.2) is 0 Å². The molecular weight excluding hydrogens is 528 g/mol. The lowest BCUT2D eigenvalue weighted by Gasteiger charge is -2.48. The highest BCUT2D eigenvalue weighted by Crippen LogP contribution is 2.36. The Hall–Kier alpha value is -3.36. The summed E-state index contributed by atoms with van der Waals surface area (Å²) in [5.41, 5.74) is 4.33. The summed E-state index contributed by atoms with van der Waals surface area (Å²) in [7, 11) is 1.64. The minimum absolute atomic E-state index is 0.0874. The highest BCUT2D eigenvalue weighted by molar-refractivity contribution is 5.16. The smallest absolute Gasteiger partial charge is 0.221 e. The maximum atomic E-state index is 6.69. The van der Waals surface area contributed by atoms with Gasteiger partial charge in [0.25, 0.3) is 0 Å². The average Bonchev–Trinajstić information content (AvgIpc) is 3.05. The highest BCUT2D eigenvalue weighted by atomic mass is 16.7. The molecule has 1 saturated heterocycles. The summed E-state index contributed by atoms with van der Waals surface area (Å²) in [6, 6.07) is 40.5. The van der Waals surface area contributed by atoms with Gasteiger partial charge >= 0.3 is 0 Å². The molecule has 0 amide bonds. The van der Waals surface area contributed by atoms with Gasteiger partial charge in [-0.15, -0.1) is 0 Å². The molecule has 1 fully saturated rings. The maximum absolute atomic E-state index is 6.69. The van der Waals surface area contributed by atoms with E-state index in [1.807, 2.05) is 97.1 Å². The van der Waals surface area contributed by atoms with Crippen LogP contribution in [0.3, 0.4) is 0 Å². The summed E-state index contributed by atoms with van der Waals surface area (Å²) >= 11 is 0. The number of ether oxygens (including phenoxy) is 6. The van der Waals surface area contributed by atoms with Crippen LogP contribution < -0.4 is 0 Å². The summed E-state index contributed by atoms with van der Waals surface area (Å²) < 4.78 is 38.4. The molecule has 0 bridgehead atoms. The van der Waals surface area contributed by atoms with Gasteiger partial charge in [0.1, 0.15) is 12.7 Å². The Balaban J connectivity index is 1.37. The molecule has 0 aromatic heterocycles. The van der Waals surface area contributed by atoms with Gasteiger partial charge in [0.2, 0.25) is 5.79 Å². The molecule has 6 heteroatoms. The van der Waals surface area contributed by atoms with Gasteiger partial charge in [-0.25, -0.2) is 0 Å². The second kappa shape index (κ2) is 15.8. The van der Waals surface area contributed by atoms with Gasteiger partial charge in [-0.1, -0.05) is 121 Å². The van der Waals surface area contributed by atoms with Gasteiger partial charge in [-0.2, -0.15) is 0 Å². The fraction of sp³-hybridized carbons (Fsp3) is 0.333. The van der Waals surface area contributed by atoms with E-state index in [0.29, 0.717) is 39.6 Å². The predicted molar refractivity (Wildman–Crippen MR) is 161 cm³/mol. The van der Waals surface area contributed by atoms with E-state index in [-0.39, 0.29) is 18.6 Å². The lowest BCUT2D eigenvalue weighted by molar-refractivity contribution is -0.357. The fourth-order valence-electron chi connectivity index (χ4n) is 5.18. The summed E-state index contributed by atoms with van der Waals surface area (Å²) in [6.45, 7) is 2.75. The number of methoxy groups -OCH3 is 1. The van der Waals surface area contributed by atoms with Crippen LogP contribution in [0, 0.1) is 5.92 Å². The average molecular weight is 569 g/mol. The van der Waals surface area contributed by atoms with Crippen molar-refractivity contribution in [3.63, 3.8) is 0 Å². The van der Waals surface area contributed by atoms with Crippen LogP contribution in [0.25, 0.3) is 0 Å². The molecule has 1 heterocycles. The fourth-order valence-corrected chi connectivity index (χ4v) is 5.18. The Morgan fingerprint density at radius 2 is 1.05 bits per heavy atom. The van der Waals surface area contributed by atoms with Crippen LogP contribution >= 0.6 is 0 Å². The molecule has 5 rings (SSSR count). The molecule has 1 aliphatic rings. The zero-order valence-corrected chi connectivity index (χ0v) is 24.2. The van der Waals surface area contributed by atoms with Crippen molar-refractivity contribution < 1.29 is 28.4 Å². The van der Waals surface area contributed by atoms with Crippen molar-refractivity contribution in [2.24, 2.45) is 5.92 Å². The molecule has 220 valence electrons. The van der Waals surface area contributed by atoms with E-state index in [1.165, 1.54) is 0 Å². The Bertz CT molecular complexity index is 1290. The monoisotopic (exact) mass is 568 g/mol. The zero-order chi connectivity index (χ0) is 28.9. The van der Waals surface area contributed by atoms with E-state index < -0.39 is 11.9 Å². The molecule has 0 N–H and O–H groups in total. The molecule has 42 heavy (non-hydrogen) atoms. The minimum atomic E-state index is -1.17. The van der Waals surface area contributed by atoms with Crippen molar-refractivity contribution in [3.05, 3.63) is 144 Å². The summed E-state index contributed by atoms with van der Waals surface area (Å²) in [4.78, 5) is 0. The van der Waals surface area contributed by atoms with E-state index in [1.54, 1.807) is 7.11 Å². The van der Waals surface area contributed by atoms with Gasteiger partial charge in [0.05, 0.1) is 45.7 Å². The van der Waals surface area contributed by atoms with Crippen molar-refractivity contribution >= 4 is 0 Å². The summed E-state index contributed by atoms with van der Waals surface area (Å²) in [6.07, 6.45) is -0.958. The maximum Gasteiger partial charge on any atom is 0.221 e. The highest BCUT2D eigenvalue weighted by Gasteiger charge is 2.53. The molecule has 4 aromatic carbocycles. The third kappa shape index (κ3) is 8.35. The summed E-state index contributed by atoms with van der Waals surface area (Å²) in [5.74, 6) is -1.25. The third-order valence-corrected chi connectivity index (χ3v) is 7.50. The first-order valence-corrected chi connectivity index (χ1v) is 14.5. The lowest BCUT2D eigenvalue weighted by atomic mass is 9.90. The molecule has 6 nitrogen and oxygen atoms in total. The van der Waals surface area contributed by atoms with Gasteiger partial charge in [0, 0.05) is 13.0 Å². The topological polar surface area (TPSA) is 55.4 Å². The first-order chi connectivity index (χ1) is 20.8. The van der Waals surface area contributed by atoms with Crippen LogP contribution in [-0.2, 0) is 54.8 Å². The first-order valence-electron chi connectivity index (χ1n) is 14.5. The van der Waals surface area contributed by atoms with Gasteiger partial charge in [-0.05, 0) is 22.3 Å². The molecule has 0 aliphatic carbocycles. The van der Waals surface area contributed by atoms with E-state index in [9.17, 15) is 0 Å². The lowest BCUT2D eigenvalue weighted by Crippen LogP contribution is -2.64. The molecule has 0 spiro atoms. The van der Waals surface area contributed by atoms with Gasteiger partial charge in [-0.3, -0.25) is 0 Å². The van der Waals surface area contributed by atoms with Crippen LogP contribution in [0.4, 0.5) is 0 Å². The van der Waals surface area contributed by atoms with Crippen molar-refractivity contribution in [1.29, 1.82) is 0 Å². The van der Waals surface area contributed by atoms with Crippen LogP contribution in [0.5, 0.6) is 0 Å². The largest absolute Gasteiger partial charge is 0.376 e. The normalized spacial score (nSPS) is 22.2.